The van der Waals surface area contributed by atoms with Gasteiger partial charge in [0.2, 0.25) is 0 Å². The van der Waals surface area contributed by atoms with E-state index in [1.54, 1.807) is 7.11 Å². The zero-order valence-electron chi connectivity index (χ0n) is 11.9. The van der Waals surface area contributed by atoms with Crippen molar-refractivity contribution >= 4 is 0 Å². The van der Waals surface area contributed by atoms with E-state index in [-0.39, 0.29) is 6.61 Å². The van der Waals surface area contributed by atoms with Crippen LogP contribution in [0.4, 0.5) is 0 Å². The molecule has 0 fully saturated rings. The Morgan fingerprint density at radius 3 is 2.56 bits per heavy atom. The number of methoxy groups -OCH3 is 1. The summed E-state index contributed by atoms with van der Waals surface area (Å²) in [6.45, 7) is 6.25. The Morgan fingerprint density at radius 1 is 1.28 bits per heavy atom. The molecule has 1 aromatic carbocycles. The summed E-state index contributed by atoms with van der Waals surface area (Å²) < 4.78 is 5.40. The number of benzene rings is 1. The zero-order valence-corrected chi connectivity index (χ0v) is 11.9. The van der Waals surface area contributed by atoms with Crippen LogP contribution in [0.1, 0.15) is 30.9 Å². The van der Waals surface area contributed by atoms with Crippen molar-refractivity contribution in [3.63, 3.8) is 0 Å². The molecule has 0 aliphatic rings. The second-order valence-electron chi connectivity index (χ2n) is 5.00. The van der Waals surface area contributed by atoms with Crippen LogP contribution in [0.15, 0.2) is 18.2 Å². The fraction of sp³-hybridized carbons (Fsp3) is 0.600. The lowest BCUT2D eigenvalue weighted by molar-refractivity contribution is 0.222. The van der Waals surface area contributed by atoms with Crippen LogP contribution < -0.4 is 4.74 Å². The monoisotopic (exact) mass is 251 g/mol. The molecule has 3 nitrogen and oxygen atoms in total. The largest absolute Gasteiger partial charge is 0.496 e. The molecule has 102 valence electrons. The Balaban J connectivity index is 2.75. The average molecular weight is 251 g/mol. The smallest absolute Gasteiger partial charge is 0.122 e. The van der Waals surface area contributed by atoms with Gasteiger partial charge in [0.05, 0.1) is 13.7 Å². The molecule has 3 heteroatoms. The second kappa shape index (κ2) is 7.39. The Kier molecular flexibility index (Phi) is 6.16. The van der Waals surface area contributed by atoms with Gasteiger partial charge < -0.3 is 14.7 Å². The molecule has 0 saturated heterocycles. The van der Waals surface area contributed by atoms with Crippen LogP contribution in [0.25, 0.3) is 0 Å². The van der Waals surface area contributed by atoms with Gasteiger partial charge in [-0.3, -0.25) is 0 Å². The van der Waals surface area contributed by atoms with Gasteiger partial charge in [-0.05, 0) is 36.6 Å². The van der Waals surface area contributed by atoms with E-state index in [0.717, 1.165) is 18.7 Å². The molecule has 18 heavy (non-hydrogen) atoms. The lowest BCUT2D eigenvalue weighted by Crippen LogP contribution is -2.24. The fourth-order valence-electron chi connectivity index (χ4n) is 1.95. The van der Waals surface area contributed by atoms with Gasteiger partial charge in [-0.2, -0.15) is 0 Å². The summed E-state index contributed by atoms with van der Waals surface area (Å²) in [5.41, 5.74) is 2.59. The van der Waals surface area contributed by atoms with Crippen LogP contribution >= 0.6 is 0 Å². The molecule has 0 aromatic heterocycles. The number of hydrogen-bond donors (Lipinski definition) is 1. The molecule has 1 aromatic rings. The maximum absolute atomic E-state index is 8.89. The predicted octanol–water partition coefficient (Wildman–Crippen LogP) is 2.29. The maximum atomic E-state index is 8.89. The van der Waals surface area contributed by atoms with Crippen LogP contribution in [0.2, 0.25) is 0 Å². The number of hydrogen-bond acceptors (Lipinski definition) is 3. The standard InChI is InChI=1S/C15H25NO2/c1-12(2)13-5-6-15(18-4)14(11-13)7-8-16(3)9-10-17/h5-6,11-12,17H,7-10H2,1-4H3. The third kappa shape index (κ3) is 4.31. The van der Waals surface area contributed by atoms with E-state index in [1.165, 1.54) is 11.1 Å². The lowest BCUT2D eigenvalue weighted by Gasteiger charge is -2.17. The average Bonchev–Trinajstić information content (AvgIpc) is 2.36. The van der Waals surface area contributed by atoms with Crippen molar-refractivity contribution in [2.45, 2.75) is 26.2 Å². The number of nitrogens with zero attached hydrogens (tertiary/aromatic N) is 1. The highest BCUT2D eigenvalue weighted by molar-refractivity contribution is 5.38. The minimum atomic E-state index is 0.208. The SMILES string of the molecule is COc1ccc(C(C)C)cc1CCN(C)CCO. The van der Waals surface area contributed by atoms with Gasteiger partial charge in [0.25, 0.3) is 0 Å². The van der Waals surface area contributed by atoms with Crippen molar-refractivity contribution in [3.05, 3.63) is 29.3 Å². The Morgan fingerprint density at radius 2 is 2.00 bits per heavy atom. The van der Waals surface area contributed by atoms with Gasteiger partial charge >= 0.3 is 0 Å². The first kappa shape index (κ1) is 15.0. The maximum Gasteiger partial charge on any atom is 0.122 e. The van der Waals surface area contributed by atoms with Crippen LogP contribution in [-0.2, 0) is 6.42 Å². The van der Waals surface area contributed by atoms with Gasteiger partial charge in [-0.15, -0.1) is 0 Å². The zero-order chi connectivity index (χ0) is 13.5. The first-order chi connectivity index (χ1) is 8.58. The van der Waals surface area contributed by atoms with Crippen molar-refractivity contribution in [3.8, 4) is 5.75 Å². The van der Waals surface area contributed by atoms with Crippen LogP contribution in [0.5, 0.6) is 5.75 Å². The molecule has 1 rings (SSSR count). The molecule has 0 aliphatic carbocycles. The molecule has 0 saturated carbocycles. The van der Waals surface area contributed by atoms with E-state index >= 15 is 0 Å². The van der Waals surface area contributed by atoms with Gasteiger partial charge in [0.1, 0.15) is 5.75 Å². The van der Waals surface area contributed by atoms with Crippen molar-refractivity contribution in [1.82, 2.24) is 4.90 Å². The predicted molar refractivity (Wildman–Crippen MR) is 75.4 cm³/mol. The summed E-state index contributed by atoms with van der Waals surface area (Å²) >= 11 is 0. The second-order valence-corrected chi connectivity index (χ2v) is 5.00. The number of aliphatic hydroxyl groups excluding tert-OH is 1. The number of rotatable bonds is 7. The Bertz CT molecular complexity index is 364. The lowest BCUT2D eigenvalue weighted by atomic mass is 9.99. The van der Waals surface area contributed by atoms with E-state index in [9.17, 15) is 0 Å². The highest BCUT2D eigenvalue weighted by Crippen LogP contribution is 2.24. The van der Waals surface area contributed by atoms with Gasteiger partial charge in [0, 0.05) is 13.1 Å². The molecule has 0 amide bonds. The third-order valence-corrected chi connectivity index (χ3v) is 3.22. The van der Waals surface area contributed by atoms with Gasteiger partial charge in [0.15, 0.2) is 0 Å². The normalized spacial score (nSPS) is 11.3. The molecule has 0 bridgehead atoms. The van der Waals surface area contributed by atoms with E-state index in [1.807, 2.05) is 7.05 Å². The minimum absolute atomic E-state index is 0.208. The van der Waals surface area contributed by atoms with Gasteiger partial charge in [-0.25, -0.2) is 0 Å². The molecule has 0 aliphatic heterocycles. The van der Waals surface area contributed by atoms with E-state index < -0.39 is 0 Å². The summed E-state index contributed by atoms with van der Waals surface area (Å²) in [6.07, 6.45) is 0.945. The molecular weight excluding hydrogens is 226 g/mol. The van der Waals surface area contributed by atoms with Crippen LogP contribution in [-0.4, -0.2) is 43.9 Å². The highest BCUT2D eigenvalue weighted by Gasteiger charge is 2.08. The number of likely N-dealkylation sites (N-methyl/N-ethyl adjacent to an activating group) is 1. The summed E-state index contributed by atoms with van der Waals surface area (Å²) in [5.74, 6) is 1.49. The van der Waals surface area contributed by atoms with E-state index in [2.05, 4.69) is 36.9 Å². The number of ether oxygens (including phenoxy) is 1. The molecule has 0 unspecified atom stereocenters. The topological polar surface area (TPSA) is 32.7 Å². The summed E-state index contributed by atoms with van der Waals surface area (Å²) in [4.78, 5) is 2.13. The van der Waals surface area contributed by atoms with Crippen LogP contribution in [0.3, 0.4) is 0 Å². The fourth-order valence-corrected chi connectivity index (χ4v) is 1.95. The molecule has 0 spiro atoms. The third-order valence-electron chi connectivity index (χ3n) is 3.22. The van der Waals surface area contributed by atoms with Crippen molar-refractivity contribution in [2.24, 2.45) is 0 Å². The Hall–Kier alpha value is -1.06. The highest BCUT2D eigenvalue weighted by atomic mass is 16.5. The molecule has 0 heterocycles. The van der Waals surface area contributed by atoms with E-state index in [4.69, 9.17) is 9.84 Å². The van der Waals surface area contributed by atoms with Crippen molar-refractivity contribution in [2.75, 3.05) is 33.9 Å². The first-order valence-electron chi connectivity index (χ1n) is 6.54. The molecule has 1 N–H and O–H groups in total. The quantitative estimate of drug-likeness (QED) is 0.807. The van der Waals surface area contributed by atoms with Crippen LogP contribution in [0, 0.1) is 0 Å². The first-order valence-corrected chi connectivity index (χ1v) is 6.54. The Labute approximate surface area is 110 Å². The van der Waals surface area contributed by atoms with Crippen molar-refractivity contribution < 1.29 is 9.84 Å². The summed E-state index contributed by atoms with van der Waals surface area (Å²) in [5, 5.41) is 8.89. The molecular formula is C15H25NO2. The van der Waals surface area contributed by atoms with Gasteiger partial charge in [-0.1, -0.05) is 26.0 Å². The molecule has 0 atom stereocenters. The number of aliphatic hydroxyl groups is 1. The summed E-state index contributed by atoms with van der Waals surface area (Å²) in [7, 11) is 3.74. The minimum Gasteiger partial charge on any atom is -0.496 e. The summed E-state index contributed by atoms with van der Waals surface area (Å²) in [6, 6.07) is 6.41. The van der Waals surface area contributed by atoms with Crippen molar-refractivity contribution in [1.29, 1.82) is 0 Å². The molecule has 0 radical (unpaired) electrons. The van der Waals surface area contributed by atoms with E-state index in [0.29, 0.717) is 12.5 Å².